The number of methoxy groups -OCH3 is 1. The molecule has 3 atom stereocenters. The van der Waals surface area contributed by atoms with Crippen molar-refractivity contribution in [1.29, 1.82) is 0 Å². The Balaban J connectivity index is 2.15. The van der Waals surface area contributed by atoms with Crippen molar-refractivity contribution in [2.75, 3.05) is 14.2 Å². The summed E-state index contributed by atoms with van der Waals surface area (Å²) in [6.07, 6.45) is 0.285. The Bertz CT molecular complexity index is 523. The highest BCUT2D eigenvalue weighted by Crippen LogP contribution is 2.32. The zero-order chi connectivity index (χ0) is 14.9. The summed E-state index contributed by atoms with van der Waals surface area (Å²) in [6.45, 7) is 1.55. The third-order valence-electron chi connectivity index (χ3n) is 3.62. The van der Waals surface area contributed by atoms with Crippen LogP contribution in [0.2, 0.25) is 0 Å². The van der Waals surface area contributed by atoms with Gasteiger partial charge in [-0.25, -0.2) is 4.39 Å². The normalized spacial score (nSPS) is 25.1. The summed E-state index contributed by atoms with van der Waals surface area (Å²) in [5.41, 5.74) is 0.115. The van der Waals surface area contributed by atoms with E-state index in [2.05, 4.69) is 5.32 Å². The van der Waals surface area contributed by atoms with Crippen LogP contribution in [0, 0.1) is 22.9 Å². The van der Waals surface area contributed by atoms with Crippen LogP contribution in [0.3, 0.4) is 0 Å². The highest BCUT2D eigenvalue weighted by Gasteiger charge is 2.42. The van der Waals surface area contributed by atoms with Gasteiger partial charge in [0.2, 0.25) is 0 Å². The molecule has 6 nitrogen and oxygen atoms in total. The second kappa shape index (κ2) is 5.72. The molecular weight excluding hydrogens is 267 g/mol. The molecule has 0 spiro atoms. The van der Waals surface area contributed by atoms with Crippen LogP contribution in [0.4, 0.5) is 10.1 Å². The van der Waals surface area contributed by atoms with Crippen LogP contribution >= 0.6 is 0 Å². The number of halogens is 1. The molecule has 110 valence electrons. The van der Waals surface area contributed by atoms with E-state index in [1.807, 2.05) is 7.05 Å². The van der Waals surface area contributed by atoms with Crippen molar-refractivity contribution < 1.29 is 18.8 Å². The first-order valence-electron chi connectivity index (χ1n) is 6.29. The molecule has 0 saturated heterocycles. The van der Waals surface area contributed by atoms with E-state index in [1.165, 1.54) is 6.07 Å². The van der Waals surface area contributed by atoms with E-state index >= 15 is 0 Å². The number of nitrogens with one attached hydrogen (secondary N) is 1. The predicted octanol–water partition coefficient (Wildman–Crippen LogP) is 1.80. The van der Waals surface area contributed by atoms with E-state index in [9.17, 15) is 14.5 Å². The lowest BCUT2D eigenvalue weighted by molar-refractivity contribution is -0.385. The molecule has 1 aromatic rings. The van der Waals surface area contributed by atoms with Gasteiger partial charge in [-0.2, -0.15) is 0 Å². The molecule has 2 rings (SSSR count). The van der Waals surface area contributed by atoms with Crippen LogP contribution in [0.15, 0.2) is 12.1 Å². The van der Waals surface area contributed by atoms with Crippen LogP contribution in [-0.2, 0) is 4.74 Å². The van der Waals surface area contributed by atoms with Gasteiger partial charge in [0.1, 0.15) is 12.2 Å². The van der Waals surface area contributed by atoms with Gasteiger partial charge in [0.15, 0.2) is 11.6 Å². The SMILES string of the molecule is CNC1CC(Oc2cc(C)c([N+](=O)[O-])cc2F)C1OC. The standard InChI is InChI=1S/C13H17FN2O4/c1-7-4-11(8(14)5-10(7)16(17)18)20-12-6-9(15-2)13(12)19-3/h4-5,9,12-13,15H,6H2,1-3H3. The molecule has 3 unspecified atom stereocenters. The Labute approximate surface area is 116 Å². The van der Waals surface area contributed by atoms with Gasteiger partial charge in [0.05, 0.1) is 11.0 Å². The molecule has 1 aliphatic carbocycles. The fraction of sp³-hybridized carbons (Fsp3) is 0.538. The van der Waals surface area contributed by atoms with Gasteiger partial charge >= 0.3 is 0 Å². The fourth-order valence-corrected chi connectivity index (χ4v) is 2.39. The fourth-order valence-electron chi connectivity index (χ4n) is 2.39. The Hall–Kier alpha value is -1.73. The highest BCUT2D eigenvalue weighted by molar-refractivity contribution is 5.45. The van der Waals surface area contributed by atoms with E-state index in [1.54, 1.807) is 14.0 Å². The van der Waals surface area contributed by atoms with E-state index in [0.717, 1.165) is 6.07 Å². The van der Waals surface area contributed by atoms with Gasteiger partial charge in [0, 0.05) is 25.1 Å². The molecular formula is C13H17FN2O4. The Morgan fingerprint density at radius 3 is 2.75 bits per heavy atom. The van der Waals surface area contributed by atoms with Crippen molar-refractivity contribution in [1.82, 2.24) is 5.32 Å². The number of benzene rings is 1. The number of nitro benzene ring substituents is 1. The zero-order valence-electron chi connectivity index (χ0n) is 11.6. The molecule has 1 aromatic carbocycles. The molecule has 0 radical (unpaired) electrons. The maximum Gasteiger partial charge on any atom is 0.275 e. The molecule has 1 N–H and O–H groups in total. The molecule has 0 heterocycles. The summed E-state index contributed by atoms with van der Waals surface area (Å²) in [5, 5.41) is 13.8. The Morgan fingerprint density at radius 1 is 1.50 bits per heavy atom. The first-order valence-corrected chi connectivity index (χ1v) is 6.29. The van der Waals surface area contributed by atoms with Crippen LogP contribution in [0.25, 0.3) is 0 Å². The third kappa shape index (κ3) is 2.59. The van der Waals surface area contributed by atoms with Crippen molar-refractivity contribution in [3.05, 3.63) is 33.6 Å². The van der Waals surface area contributed by atoms with E-state index in [-0.39, 0.29) is 29.7 Å². The Morgan fingerprint density at radius 2 is 2.20 bits per heavy atom. The summed E-state index contributed by atoms with van der Waals surface area (Å²) >= 11 is 0. The molecule has 1 aliphatic rings. The number of likely N-dealkylation sites (N-methyl/N-ethyl adjacent to an activating group) is 1. The lowest BCUT2D eigenvalue weighted by atomic mass is 9.85. The number of hydrogen-bond donors (Lipinski definition) is 1. The van der Waals surface area contributed by atoms with Crippen molar-refractivity contribution in [2.45, 2.75) is 31.6 Å². The van der Waals surface area contributed by atoms with Gasteiger partial charge in [0.25, 0.3) is 5.69 Å². The summed E-state index contributed by atoms with van der Waals surface area (Å²) < 4.78 is 24.7. The van der Waals surface area contributed by atoms with Gasteiger partial charge in [-0.15, -0.1) is 0 Å². The molecule has 0 bridgehead atoms. The van der Waals surface area contributed by atoms with Crippen LogP contribution in [0.1, 0.15) is 12.0 Å². The predicted molar refractivity (Wildman–Crippen MR) is 70.5 cm³/mol. The smallest absolute Gasteiger partial charge is 0.275 e. The van der Waals surface area contributed by atoms with Crippen LogP contribution < -0.4 is 10.1 Å². The lowest BCUT2D eigenvalue weighted by Gasteiger charge is -2.42. The number of nitrogens with zero attached hydrogens (tertiary/aromatic N) is 1. The number of rotatable bonds is 5. The van der Waals surface area contributed by atoms with Gasteiger partial charge < -0.3 is 14.8 Å². The average molecular weight is 284 g/mol. The maximum absolute atomic E-state index is 13.8. The largest absolute Gasteiger partial charge is 0.484 e. The Kier molecular flexibility index (Phi) is 4.20. The number of ether oxygens (including phenoxy) is 2. The molecule has 1 saturated carbocycles. The topological polar surface area (TPSA) is 73.6 Å². The number of nitro groups is 1. The van der Waals surface area contributed by atoms with E-state index < -0.39 is 10.7 Å². The zero-order valence-corrected chi connectivity index (χ0v) is 11.6. The second-order valence-electron chi connectivity index (χ2n) is 4.81. The lowest BCUT2D eigenvalue weighted by Crippen LogP contribution is -2.60. The molecule has 0 amide bonds. The number of aryl methyl sites for hydroxylation is 1. The molecule has 20 heavy (non-hydrogen) atoms. The first kappa shape index (κ1) is 14.7. The van der Waals surface area contributed by atoms with Crippen LogP contribution in [-0.4, -0.2) is 37.3 Å². The molecule has 1 fully saturated rings. The minimum atomic E-state index is -0.731. The minimum absolute atomic E-state index is 0.0229. The summed E-state index contributed by atoms with van der Waals surface area (Å²) in [7, 11) is 3.39. The van der Waals surface area contributed by atoms with E-state index in [0.29, 0.717) is 12.0 Å². The molecule has 0 aliphatic heterocycles. The summed E-state index contributed by atoms with van der Waals surface area (Å²) in [5.74, 6) is -0.709. The van der Waals surface area contributed by atoms with Gasteiger partial charge in [-0.3, -0.25) is 10.1 Å². The average Bonchev–Trinajstić information content (AvgIpc) is 2.37. The number of hydrogen-bond acceptors (Lipinski definition) is 5. The summed E-state index contributed by atoms with van der Waals surface area (Å²) in [4.78, 5) is 10.1. The summed E-state index contributed by atoms with van der Waals surface area (Å²) in [6, 6.07) is 2.42. The quantitative estimate of drug-likeness (QED) is 0.659. The molecule has 0 aromatic heterocycles. The van der Waals surface area contributed by atoms with Crippen molar-refractivity contribution >= 4 is 5.69 Å². The van der Waals surface area contributed by atoms with Crippen molar-refractivity contribution in [2.24, 2.45) is 0 Å². The van der Waals surface area contributed by atoms with Gasteiger partial charge in [-0.1, -0.05) is 0 Å². The van der Waals surface area contributed by atoms with Gasteiger partial charge in [-0.05, 0) is 20.0 Å². The monoisotopic (exact) mass is 284 g/mol. The molecule has 7 heteroatoms. The van der Waals surface area contributed by atoms with Crippen molar-refractivity contribution in [3.8, 4) is 5.75 Å². The maximum atomic E-state index is 13.8. The first-order chi connectivity index (χ1) is 9.47. The highest BCUT2D eigenvalue weighted by atomic mass is 19.1. The van der Waals surface area contributed by atoms with Crippen molar-refractivity contribution in [3.63, 3.8) is 0 Å². The van der Waals surface area contributed by atoms with Crippen LogP contribution in [0.5, 0.6) is 5.75 Å². The van der Waals surface area contributed by atoms with E-state index in [4.69, 9.17) is 9.47 Å². The minimum Gasteiger partial charge on any atom is -0.484 e. The third-order valence-corrected chi connectivity index (χ3v) is 3.62. The second-order valence-corrected chi connectivity index (χ2v) is 4.81.